The highest BCUT2D eigenvalue weighted by Gasteiger charge is 2.19. The number of rotatable bonds is 6. The lowest BCUT2D eigenvalue weighted by Crippen LogP contribution is -2.46. The van der Waals surface area contributed by atoms with Gasteiger partial charge in [0, 0.05) is 48.3 Å². The number of hydrogen-bond acceptors (Lipinski definition) is 4. The first-order valence-electron chi connectivity index (χ1n) is 9.84. The molecule has 0 aromatic heterocycles. The third-order valence-electron chi connectivity index (χ3n) is 5.20. The maximum atomic E-state index is 6.16. The van der Waals surface area contributed by atoms with Crippen LogP contribution in [0.15, 0.2) is 82.6 Å². The monoisotopic (exact) mass is 460 g/mol. The number of halogens is 2. The molecule has 3 aromatic rings. The van der Waals surface area contributed by atoms with Crippen LogP contribution in [-0.2, 0) is 6.54 Å². The van der Waals surface area contributed by atoms with Crippen LogP contribution in [0.2, 0.25) is 5.02 Å². The van der Waals surface area contributed by atoms with Gasteiger partial charge in [-0.3, -0.25) is 4.90 Å². The van der Waals surface area contributed by atoms with Gasteiger partial charge in [0.15, 0.2) is 0 Å². The highest BCUT2D eigenvalue weighted by Crippen LogP contribution is 2.36. The zero-order chi connectivity index (χ0) is 20.1. The molecule has 1 aliphatic rings. The van der Waals surface area contributed by atoms with Gasteiger partial charge in [0.25, 0.3) is 0 Å². The lowest BCUT2D eigenvalue weighted by molar-refractivity contribution is 0.248. The molecule has 1 saturated heterocycles. The summed E-state index contributed by atoms with van der Waals surface area (Å²) in [5.74, 6) is 0.919. The van der Waals surface area contributed by atoms with Crippen molar-refractivity contribution >= 4 is 41.5 Å². The summed E-state index contributed by atoms with van der Waals surface area (Å²) >= 11 is 7.93. The zero-order valence-corrected chi connectivity index (χ0v) is 19.3. The molecule has 1 fully saturated rings. The topological polar surface area (TPSA) is 15.7 Å². The average Bonchev–Trinajstić information content (AvgIpc) is 2.76. The highest BCUT2D eigenvalue weighted by molar-refractivity contribution is 7.99. The largest absolute Gasteiger partial charge is 0.496 e. The minimum atomic E-state index is 0. The van der Waals surface area contributed by atoms with Gasteiger partial charge < -0.3 is 9.64 Å². The summed E-state index contributed by atoms with van der Waals surface area (Å²) in [4.78, 5) is 7.38. The van der Waals surface area contributed by atoms with Crippen molar-refractivity contribution < 1.29 is 4.74 Å². The van der Waals surface area contributed by atoms with Crippen molar-refractivity contribution in [3.8, 4) is 5.75 Å². The molecule has 3 aromatic carbocycles. The highest BCUT2D eigenvalue weighted by atomic mass is 35.5. The Bertz CT molecular complexity index is 961. The zero-order valence-electron chi connectivity index (χ0n) is 17.0. The second kappa shape index (κ2) is 11.0. The molecule has 0 aliphatic carbocycles. The molecular weight excluding hydrogens is 435 g/mol. The van der Waals surface area contributed by atoms with E-state index in [1.807, 2.05) is 24.3 Å². The maximum Gasteiger partial charge on any atom is 0.132 e. The molecule has 0 unspecified atom stereocenters. The summed E-state index contributed by atoms with van der Waals surface area (Å²) in [7, 11) is 1.73. The van der Waals surface area contributed by atoms with Crippen LogP contribution in [-0.4, -0.2) is 38.2 Å². The Balaban J connectivity index is 0.00000256. The molecule has 0 atom stereocenters. The molecule has 0 amide bonds. The number of nitrogens with zero attached hydrogens (tertiary/aromatic N) is 2. The summed E-state index contributed by atoms with van der Waals surface area (Å²) in [6, 6.07) is 25.0. The van der Waals surface area contributed by atoms with Crippen LogP contribution in [0.5, 0.6) is 5.75 Å². The molecule has 1 aliphatic heterocycles. The van der Waals surface area contributed by atoms with Crippen molar-refractivity contribution in [2.45, 2.75) is 16.3 Å². The van der Waals surface area contributed by atoms with Gasteiger partial charge in [0.2, 0.25) is 0 Å². The lowest BCUT2D eigenvalue weighted by atomic mass is 10.2. The van der Waals surface area contributed by atoms with Crippen molar-refractivity contribution in [2.24, 2.45) is 0 Å². The molecular formula is C24H26Cl2N2OS. The Morgan fingerprint density at radius 2 is 1.57 bits per heavy atom. The first-order chi connectivity index (χ1) is 14.2. The van der Waals surface area contributed by atoms with E-state index in [9.17, 15) is 0 Å². The minimum absolute atomic E-state index is 0. The molecule has 4 rings (SSSR count). The van der Waals surface area contributed by atoms with Gasteiger partial charge in [-0.25, -0.2) is 0 Å². The molecule has 30 heavy (non-hydrogen) atoms. The van der Waals surface area contributed by atoms with E-state index in [2.05, 4.69) is 58.3 Å². The predicted molar refractivity (Wildman–Crippen MR) is 130 cm³/mol. The summed E-state index contributed by atoms with van der Waals surface area (Å²) in [5, 5.41) is 0.798. The van der Waals surface area contributed by atoms with E-state index in [1.54, 1.807) is 18.9 Å². The fraction of sp³-hybridized carbons (Fsp3) is 0.250. The lowest BCUT2D eigenvalue weighted by Gasteiger charge is -2.36. The predicted octanol–water partition coefficient (Wildman–Crippen LogP) is 6.24. The van der Waals surface area contributed by atoms with Gasteiger partial charge in [0.1, 0.15) is 5.75 Å². The molecule has 0 bridgehead atoms. The second-order valence-electron chi connectivity index (χ2n) is 7.10. The normalized spacial score (nSPS) is 14.3. The van der Waals surface area contributed by atoms with Crippen LogP contribution in [0.25, 0.3) is 0 Å². The molecule has 158 valence electrons. The van der Waals surface area contributed by atoms with Gasteiger partial charge in [-0.1, -0.05) is 59.8 Å². The molecule has 1 heterocycles. The quantitative estimate of drug-likeness (QED) is 0.431. The molecule has 0 saturated carbocycles. The SMILES string of the molecule is COc1ccccc1Sc1ccccc1CN1CCN(c2cccc(Cl)c2)CC1.Cl. The standard InChI is InChI=1S/C24H25ClN2OS.ClH/c1-28-22-10-3-5-12-24(22)29-23-11-4-2-7-19(23)18-26-13-15-27(16-14-26)21-9-6-8-20(25)17-21;/h2-12,17H,13-16,18H2,1H3;1H. The molecule has 3 nitrogen and oxygen atoms in total. The maximum absolute atomic E-state index is 6.16. The Morgan fingerprint density at radius 1 is 0.867 bits per heavy atom. The number of methoxy groups -OCH3 is 1. The van der Waals surface area contributed by atoms with Crippen LogP contribution < -0.4 is 9.64 Å². The smallest absolute Gasteiger partial charge is 0.132 e. The molecule has 0 spiro atoms. The average molecular weight is 461 g/mol. The van der Waals surface area contributed by atoms with Crippen molar-refractivity contribution in [2.75, 3.05) is 38.2 Å². The van der Waals surface area contributed by atoms with Crippen molar-refractivity contribution in [3.05, 3.63) is 83.4 Å². The van der Waals surface area contributed by atoms with Gasteiger partial charge in [0.05, 0.1) is 12.0 Å². The van der Waals surface area contributed by atoms with E-state index in [4.69, 9.17) is 16.3 Å². The van der Waals surface area contributed by atoms with E-state index >= 15 is 0 Å². The van der Waals surface area contributed by atoms with E-state index in [-0.39, 0.29) is 12.4 Å². The van der Waals surface area contributed by atoms with E-state index in [0.29, 0.717) is 0 Å². The van der Waals surface area contributed by atoms with E-state index in [0.717, 1.165) is 48.4 Å². The fourth-order valence-electron chi connectivity index (χ4n) is 3.63. The van der Waals surface area contributed by atoms with E-state index < -0.39 is 0 Å². The van der Waals surface area contributed by atoms with Gasteiger partial charge in [-0.05, 0) is 42.0 Å². The fourth-order valence-corrected chi connectivity index (χ4v) is 4.86. The van der Waals surface area contributed by atoms with Crippen molar-refractivity contribution in [1.82, 2.24) is 4.90 Å². The Hall–Kier alpha value is -1.85. The van der Waals surface area contributed by atoms with Gasteiger partial charge in [-0.2, -0.15) is 0 Å². The summed E-state index contributed by atoms with van der Waals surface area (Å²) in [5.41, 5.74) is 2.57. The first-order valence-corrected chi connectivity index (χ1v) is 11.0. The number of piperazine rings is 1. The molecule has 0 radical (unpaired) electrons. The number of ether oxygens (including phenoxy) is 1. The number of anilines is 1. The number of para-hydroxylation sites is 1. The van der Waals surface area contributed by atoms with Crippen LogP contribution >= 0.6 is 35.8 Å². The van der Waals surface area contributed by atoms with Crippen LogP contribution in [0.1, 0.15) is 5.56 Å². The third kappa shape index (κ3) is 5.64. The van der Waals surface area contributed by atoms with Crippen LogP contribution in [0, 0.1) is 0 Å². The number of benzene rings is 3. The van der Waals surface area contributed by atoms with Crippen molar-refractivity contribution in [3.63, 3.8) is 0 Å². The summed E-state index contributed by atoms with van der Waals surface area (Å²) in [6.45, 7) is 5.08. The molecule has 6 heteroatoms. The Morgan fingerprint density at radius 3 is 2.30 bits per heavy atom. The Kier molecular flexibility index (Phi) is 8.34. The van der Waals surface area contributed by atoms with Crippen LogP contribution in [0.3, 0.4) is 0 Å². The van der Waals surface area contributed by atoms with Crippen LogP contribution in [0.4, 0.5) is 5.69 Å². The first kappa shape index (κ1) is 22.8. The van der Waals surface area contributed by atoms with E-state index in [1.165, 1.54) is 16.1 Å². The summed E-state index contributed by atoms with van der Waals surface area (Å²) < 4.78 is 5.52. The summed E-state index contributed by atoms with van der Waals surface area (Å²) in [6.07, 6.45) is 0. The second-order valence-corrected chi connectivity index (χ2v) is 8.62. The Labute approximate surface area is 194 Å². The van der Waals surface area contributed by atoms with Crippen molar-refractivity contribution in [1.29, 1.82) is 0 Å². The minimum Gasteiger partial charge on any atom is -0.496 e. The van der Waals surface area contributed by atoms with Gasteiger partial charge in [-0.15, -0.1) is 12.4 Å². The van der Waals surface area contributed by atoms with Gasteiger partial charge >= 0.3 is 0 Å². The third-order valence-corrected chi connectivity index (χ3v) is 6.61. The molecule has 0 N–H and O–H groups in total. The number of hydrogen-bond donors (Lipinski definition) is 0.